The molecule has 5 rings (SSSR count). The van der Waals surface area contributed by atoms with Crippen LogP contribution in [-0.2, 0) is 10.4 Å². The number of hydrogen-bond acceptors (Lipinski definition) is 8. The van der Waals surface area contributed by atoms with Crippen LogP contribution in [0.5, 0.6) is 0 Å². The van der Waals surface area contributed by atoms with Crippen LogP contribution in [0.3, 0.4) is 0 Å². The van der Waals surface area contributed by atoms with Gasteiger partial charge in [-0.25, -0.2) is 9.97 Å². The number of rotatable bonds is 8. The van der Waals surface area contributed by atoms with E-state index >= 15 is 0 Å². The van der Waals surface area contributed by atoms with Crippen LogP contribution in [0.4, 0.5) is 23.1 Å². The van der Waals surface area contributed by atoms with Crippen LogP contribution in [0.15, 0.2) is 70.7 Å². The number of aromatic nitrogens is 4. The molecule has 10 heteroatoms. The van der Waals surface area contributed by atoms with Gasteiger partial charge < -0.3 is 20.6 Å². The molecule has 3 heterocycles. The van der Waals surface area contributed by atoms with Crippen molar-refractivity contribution in [3.05, 3.63) is 77.5 Å². The summed E-state index contributed by atoms with van der Waals surface area (Å²) in [5, 5.41) is 25.1. The van der Waals surface area contributed by atoms with E-state index in [0.717, 1.165) is 39.0 Å². The summed E-state index contributed by atoms with van der Waals surface area (Å²) in [6, 6.07) is 19.3. The molecule has 0 saturated carbocycles. The topological polar surface area (TPSA) is 119 Å². The smallest absolute Gasteiger partial charge is 0.224 e. The first-order valence-electron chi connectivity index (χ1n) is 12.1. The number of H-pyrrole nitrogens is 1. The van der Waals surface area contributed by atoms with Crippen molar-refractivity contribution in [1.29, 1.82) is 0 Å². The highest BCUT2D eigenvalue weighted by Gasteiger charge is 2.44. The lowest BCUT2D eigenvalue weighted by Gasteiger charge is -2.48. The maximum Gasteiger partial charge on any atom is 0.224 e. The lowest BCUT2D eigenvalue weighted by molar-refractivity contribution is -0.115. The third-order valence-electron chi connectivity index (χ3n) is 6.20. The number of nitrogens with zero attached hydrogens (tertiary/aromatic N) is 4. The van der Waals surface area contributed by atoms with Gasteiger partial charge in [0.05, 0.1) is 18.8 Å². The van der Waals surface area contributed by atoms with Crippen LogP contribution >= 0.6 is 11.8 Å². The maximum atomic E-state index is 11.7. The van der Waals surface area contributed by atoms with Crippen LogP contribution in [0, 0.1) is 13.8 Å². The normalized spacial score (nSPS) is 14.2. The average molecular weight is 516 g/mol. The molecule has 1 aliphatic rings. The van der Waals surface area contributed by atoms with Crippen LogP contribution in [0.1, 0.15) is 30.2 Å². The summed E-state index contributed by atoms with van der Waals surface area (Å²) in [4.78, 5) is 24.1. The van der Waals surface area contributed by atoms with E-state index in [1.54, 1.807) is 0 Å². The molecule has 9 nitrogen and oxygen atoms in total. The molecule has 0 spiro atoms. The molecular formula is C27H29N7O2S. The molecule has 4 aromatic rings. The van der Waals surface area contributed by atoms with E-state index in [-0.39, 0.29) is 5.91 Å². The molecule has 0 unspecified atom stereocenters. The van der Waals surface area contributed by atoms with E-state index in [0.29, 0.717) is 30.5 Å². The first kappa shape index (κ1) is 24.8. The Morgan fingerprint density at radius 1 is 1.11 bits per heavy atom. The Bertz CT molecular complexity index is 1410. The number of carbonyl (C=O) groups is 1. The third-order valence-corrected chi connectivity index (χ3v) is 7.08. The van der Waals surface area contributed by atoms with Gasteiger partial charge in [0.2, 0.25) is 5.91 Å². The molecule has 37 heavy (non-hydrogen) atoms. The standard InChI is InChI=1S/C27H29N7O2S/c1-4-25(35)28-19-9-11-20(12-10-19)37-26-30-22(29-23-13-18(3)32-33-23)14-24(31-26)34-15-27(36,16-34)21-8-6-5-7-17(21)2/h5-14,36H,4,15-16H2,1-3H3,(H,28,35)(H2,29,30,31,32,33). The van der Waals surface area contributed by atoms with Crippen molar-refractivity contribution in [3.63, 3.8) is 0 Å². The lowest BCUT2D eigenvalue weighted by Crippen LogP contribution is -2.60. The highest BCUT2D eigenvalue weighted by atomic mass is 32.2. The Hall–Kier alpha value is -3.89. The number of amides is 1. The van der Waals surface area contributed by atoms with Gasteiger partial charge in [0.15, 0.2) is 5.16 Å². The second kappa shape index (κ2) is 10.2. The zero-order chi connectivity index (χ0) is 26.0. The van der Waals surface area contributed by atoms with Crippen molar-refractivity contribution >= 4 is 40.8 Å². The molecule has 0 radical (unpaired) electrons. The van der Waals surface area contributed by atoms with Crippen molar-refractivity contribution in [1.82, 2.24) is 20.2 Å². The van der Waals surface area contributed by atoms with E-state index in [1.807, 2.05) is 86.3 Å². The predicted molar refractivity (Wildman–Crippen MR) is 145 cm³/mol. The van der Waals surface area contributed by atoms with E-state index in [2.05, 4.69) is 20.8 Å². The summed E-state index contributed by atoms with van der Waals surface area (Å²) in [7, 11) is 0. The van der Waals surface area contributed by atoms with Gasteiger partial charge in [-0.2, -0.15) is 5.10 Å². The molecule has 1 fully saturated rings. The van der Waals surface area contributed by atoms with Gasteiger partial charge in [-0.05, 0) is 61.0 Å². The third kappa shape index (κ3) is 5.60. The average Bonchev–Trinajstić information content (AvgIpc) is 3.27. The predicted octanol–water partition coefficient (Wildman–Crippen LogP) is 4.77. The zero-order valence-electron chi connectivity index (χ0n) is 20.9. The molecule has 2 aromatic carbocycles. The van der Waals surface area contributed by atoms with E-state index < -0.39 is 5.60 Å². The van der Waals surface area contributed by atoms with Crippen LogP contribution in [0.2, 0.25) is 0 Å². The van der Waals surface area contributed by atoms with Crippen molar-refractivity contribution < 1.29 is 9.90 Å². The Morgan fingerprint density at radius 3 is 2.54 bits per heavy atom. The number of carbonyl (C=O) groups excluding carboxylic acids is 1. The summed E-state index contributed by atoms with van der Waals surface area (Å²) in [5.74, 6) is 2.05. The Kier molecular flexibility index (Phi) is 6.86. The number of aryl methyl sites for hydroxylation is 2. The summed E-state index contributed by atoms with van der Waals surface area (Å²) in [5.41, 5.74) is 2.71. The molecule has 1 saturated heterocycles. The largest absolute Gasteiger partial charge is 0.381 e. The number of anilines is 4. The molecule has 0 aliphatic carbocycles. The number of benzene rings is 2. The van der Waals surface area contributed by atoms with Gasteiger partial charge in [0.25, 0.3) is 0 Å². The fourth-order valence-corrected chi connectivity index (χ4v) is 5.05. The molecule has 2 aromatic heterocycles. The van der Waals surface area contributed by atoms with E-state index in [9.17, 15) is 9.90 Å². The van der Waals surface area contributed by atoms with Gasteiger partial charge >= 0.3 is 0 Å². The summed E-state index contributed by atoms with van der Waals surface area (Å²) in [6.45, 7) is 6.62. The van der Waals surface area contributed by atoms with Gasteiger partial charge in [-0.3, -0.25) is 9.89 Å². The van der Waals surface area contributed by atoms with Crippen molar-refractivity contribution in [2.45, 2.75) is 42.8 Å². The van der Waals surface area contributed by atoms with E-state index in [4.69, 9.17) is 9.97 Å². The van der Waals surface area contributed by atoms with Crippen molar-refractivity contribution in [2.75, 3.05) is 28.6 Å². The molecule has 4 N–H and O–H groups in total. The highest BCUT2D eigenvalue weighted by Crippen LogP contribution is 2.38. The fraction of sp³-hybridized carbons (Fsp3) is 0.259. The summed E-state index contributed by atoms with van der Waals surface area (Å²) >= 11 is 1.43. The van der Waals surface area contributed by atoms with Crippen molar-refractivity contribution in [3.8, 4) is 0 Å². The number of aliphatic hydroxyl groups is 1. The zero-order valence-corrected chi connectivity index (χ0v) is 21.8. The Morgan fingerprint density at radius 2 is 1.86 bits per heavy atom. The Labute approximate surface area is 219 Å². The minimum atomic E-state index is -0.920. The maximum absolute atomic E-state index is 11.7. The Balaban J connectivity index is 1.38. The van der Waals surface area contributed by atoms with Gasteiger partial charge in [-0.15, -0.1) is 0 Å². The van der Waals surface area contributed by atoms with Crippen LogP contribution < -0.4 is 15.5 Å². The van der Waals surface area contributed by atoms with Gasteiger partial charge in [0, 0.05) is 29.1 Å². The first-order valence-corrected chi connectivity index (χ1v) is 12.9. The number of aromatic amines is 1. The molecule has 190 valence electrons. The highest BCUT2D eigenvalue weighted by molar-refractivity contribution is 7.99. The monoisotopic (exact) mass is 515 g/mol. The van der Waals surface area contributed by atoms with Crippen LogP contribution in [0.25, 0.3) is 0 Å². The molecule has 1 amide bonds. The molecule has 1 aliphatic heterocycles. The van der Waals surface area contributed by atoms with Crippen LogP contribution in [-0.4, -0.2) is 44.3 Å². The number of nitrogens with one attached hydrogen (secondary N) is 3. The summed E-state index contributed by atoms with van der Waals surface area (Å²) in [6.07, 6.45) is 0.429. The molecule has 0 atom stereocenters. The van der Waals surface area contributed by atoms with Crippen molar-refractivity contribution in [2.24, 2.45) is 0 Å². The van der Waals surface area contributed by atoms with Gasteiger partial charge in [0.1, 0.15) is 23.1 Å². The molecule has 0 bridgehead atoms. The SMILES string of the molecule is CCC(=O)Nc1ccc(Sc2nc(Nc3cc(C)n[nH]3)cc(N3CC(O)(c4ccccc4C)C3)n2)cc1. The van der Waals surface area contributed by atoms with E-state index in [1.165, 1.54) is 11.8 Å². The minimum absolute atomic E-state index is 0.0265. The lowest BCUT2D eigenvalue weighted by atomic mass is 9.83. The second-order valence-corrected chi connectivity index (χ2v) is 10.2. The minimum Gasteiger partial charge on any atom is -0.381 e. The van der Waals surface area contributed by atoms with Gasteiger partial charge in [-0.1, -0.05) is 31.2 Å². The fourth-order valence-electron chi connectivity index (χ4n) is 4.28. The second-order valence-electron chi connectivity index (χ2n) is 9.17. The quantitative estimate of drug-likeness (QED) is 0.248. The molecular weight excluding hydrogens is 486 g/mol. The first-order chi connectivity index (χ1) is 17.8. The summed E-state index contributed by atoms with van der Waals surface area (Å²) < 4.78 is 0. The number of hydrogen-bond donors (Lipinski definition) is 4. The number of β-amino-alcohol motifs (C(OH)–C–C–N with tert-alkyl or cyclic N) is 1.